The zero-order chi connectivity index (χ0) is 12.7. The molecule has 1 aliphatic rings. The molecule has 0 radical (unpaired) electrons. The Morgan fingerprint density at radius 1 is 1.29 bits per heavy atom. The molecule has 0 saturated heterocycles. The minimum Gasteiger partial charge on any atom is -0.321 e. The fourth-order valence-corrected chi connectivity index (χ4v) is 3.64. The van der Waals surface area contributed by atoms with Crippen molar-refractivity contribution in [1.29, 1.82) is 0 Å². The van der Waals surface area contributed by atoms with Gasteiger partial charge in [-0.2, -0.15) is 0 Å². The second-order valence-corrected chi connectivity index (χ2v) is 7.20. The summed E-state index contributed by atoms with van der Waals surface area (Å²) in [5.74, 6) is 0. The lowest BCUT2D eigenvalue weighted by atomic mass is 9.89. The molecule has 1 aromatic rings. The first kappa shape index (κ1) is 12.9. The number of hydrogen-bond acceptors (Lipinski definition) is 3. The van der Waals surface area contributed by atoms with Crippen LogP contribution in [0.4, 0.5) is 0 Å². The lowest BCUT2D eigenvalue weighted by molar-refractivity contribution is 0.451. The number of nitrogens with two attached hydrogens (primary N) is 1. The molecule has 17 heavy (non-hydrogen) atoms. The molecule has 0 bridgehead atoms. The van der Waals surface area contributed by atoms with Gasteiger partial charge in [-0.15, -0.1) is 0 Å². The average Bonchev–Trinajstić information content (AvgIpc) is 2.64. The lowest BCUT2D eigenvalue weighted by Crippen LogP contribution is -2.34. The minimum absolute atomic E-state index is 0.311. The van der Waals surface area contributed by atoms with Gasteiger partial charge in [-0.3, -0.25) is 0 Å². The fraction of sp³-hybridized carbons (Fsp3) is 0.500. The van der Waals surface area contributed by atoms with Crippen molar-refractivity contribution in [2.75, 3.05) is 6.26 Å². The van der Waals surface area contributed by atoms with Crippen LogP contribution >= 0.6 is 11.6 Å². The van der Waals surface area contributed by atoms with Crippen molar-refractivity contribution >= 4 is 21.4 Å². The molecule has 0 aliphatic heterocycles. The second-order valence-electron chi connectivity index (χ2n) is 4.78. The van der Waals surface area contributed by atoms with E-state index < -0.39 is 15.4 Å². The predicted octanol–water partition coefficient (Wildman–Crippen LogP) is 2.47. The molecule has 1 fully saturated rings. The van der Waals surface area contributed by atoms with E-state index in [1.165, 1.54) is 6.26 Å². The zero-order valence-electron chi connectivity index (χ0n) is 9.74. The maximum atomic E-state index is 11.8. The quantitative estimate of drug-likeness (QED) is 0.900. The minimum atomic E-state index is -3.26. The first-order valence-corrected chi connectivity index (χ1v) is 7.89. The zero-order valence-corrected chi connectivity index (χ0v) is 11.3. The molecule has 1 aliphatic carbocycles. The Labute approximate surface area is 107 Å². The molecular formula is C12H16ClNO2S. The molecule has 0 unspecified atom stereocenters. The van der Waals surface area contributed by atoms with Gasteiger partial charge < -0.3 is 5.73 Å². The van der Waals surface area contributed by atoms with E-state index in [4.69, 9.17) is 17.3 Å². The maximum Gasteiger partial charge on any atom is 0.175 e. The van der Waals surface area contributed by atoms with Gasteiger partial charge in [-0.25, -0.2) is 8.42 Å². The summed E-state index contributed by atoms with van der Waals surface area (Å²) in [5, 5.41) is 0.532. The Bertz CT molecular complexity index is 533. The lowest BCUT2D eigenvalue weighted by Gasteiger charge is -2.26. The predicted molar refractivity (Wildman–Crippen MR) is 68.9 cm³/mol. The highest BCUT2D eigenvalue weighted by Gasteiger charge is 2.35. The maximum absolute atomic E-state index is 11.8. The van der Waals surface area contributed by atoms with E-state index in [9.17, 15) is 8.42 Å². The summed E-state index contributed by atoms with van der Waals surface area (Å²) in [5.41, 5.74) is 6.46. The van der Waals surface area contributed by atoms with E-state index in [0.717, 1.165) is 25.7 Å². The van der Waals surface area contributed by atoms with E-state index in [1.54, 1.807) is 18.2 Å². The standard InChI is InChI=1S/C12H16ClNO2S/c1-17(15,16)11-5-4-9(13)8-10(11)12(14)6-2-3-7-12/h4-5,8H,2-3,6-7,14H2,1H3. The summed E-state index contributed by atoms with van der Waals surface area (Å²) in [6.07, 6.45) is 4.90. The summed E-state index contributed by atoms with van der Waals surface area (Å²) in [4.78, 5) is 0.311. The van der Waals surface area contributed by atoms with Gasteiger partial charge in [-0.1, -0.05) is 24.4 Å². The fourth-order valence-electron chi connectivity index (χ4n) is 2.49. The topological polar surface area (TPSA) is 60.2 Å². The summed E-state index contributed by atoms with van der Waals surface area (Å²) in [6.45, 7) is 0. The number of rotatable bonds is 2. The monoisotopic (exact) mass is 273 g/mol. The highest BCUT2D eigenvalue weighted by Crippen LogP contribution is 2.40. The van der Waals surface area contributed by atoms with E-state index in [0.29, 0.717) is 15.5 Å². The van der Waals surface area contributed by atoms with Gasteiger partial charge >= 0.3 is 0 Å². The Hall–Kier alpha value is -0.580. The van der Waals surface area contributed by atoms with Crippen molar-refractivity contribution in [3.05, 3.63) is 28.8 Å². The average molecular weight is 274 g/mol. The molecule has 3 nitrogen and oxygen atoms in total. The molecular weight excluding hydrogens is 258 g/mol. The van der Waals surface area contributed by atoms with Gasteiger partial charge in [0.15, 0.2) is 9.84 Å². The van der Waals surface area contributed by atoms with Crippen LogP contribution in [-0.4, -0.2) is 14.7 Å². The van der Waals surface area contributed by atoms with Crippen LogP contribution in [0, 0.1) is 0 Å². The molecule has 0 spiro atoms. The SMILES string of the molecule is CS(=O)(=O)c1ccc(Cl)cc1C1(N)CCCC1. The van der Waals surface area contributed by atoms with E-state index >= 15 is 0 Å². The van der Waals surface area contributed by atoms with E-state index in [1.807, 2.05) is 0 Å². The smallest absolute Gasteiger partial charge is 0.175 e. The molecule has 2 N–H and O–H groups in total. The van der Waals surface area contributed by atoms with Crippen LogP contribution in [0.1, 0.15) is 31.2 Å². The number of halogens is 1. The Kier molecular flexibility index (Phi) is 3.23. The third-order valence-corrected chi connectivity index (χ3v) is 4.76. The van der Waals surface area contributed by atoms with Crippen LogP contribution in [0.5, 0.6) is 0 Å². The van der Waals surface area contributed by atoms with E-state index in [-0.39, 0.29) is 0 Å². The van der Waals surface area contributed by atoms with Gasteiger partial charge in [0.25, 0.3) is 0 Å². The number of benzene rings is 1. The first-order chi connectivity index (χ1) is 7.83. The van der Waals surface area contributed by atoms with Gasteiger partial charge in [0.1, 0.15) is 0 Å². The van der Waals surface area contributed by atoms with Crippen LogP contribution in [-0.2, 0) is 15.4 Å². The van der Waals surface area contributed by atoms with Crippen molar-refractivity contribution < 1.29 is 8.42 Å². The molecule has 0 amide bonds. The van der Waals surface area contributed by atoms with Crippen LogP contribution in [0.15, 0.2) is 23.1 Å². The largest absolute Gasteiger partial charge is 0.321 e. The number of sulfone groups is 1. The summed E-state index contributed by atoms with van der Waals surface area (Å²) in [6, 6.07) is 4.85. The summed E-state index contributed by atoms with van der Waals surface area (Å²) in [7, 11) is -3.26. The molecule has 94 valence electrons. The van der Waals surface area contributed by atoms with Crippen LogP contribution in [0.2, 0.25) is 5.02 Å². The van der Waals surface area contributed by atoms with Gasteiger partial charge in [-0.05, 0) is 36.6 Å². The first-order valence-electron chi connectivity index (χ1n) is 5.62. The summed E-state index contributed by atoms with van der Waals surface area (Å²) >= 11 is 5.96. The Morgan fingerprint density at radius 3 is 2.41 bits per heavy atom. The molecule has 1 aromatic carbocycles. The molecule has 0 aromatic heterocycles. The third-order valence-electron chi connectivity index (χ3n) is 3.37. The van der Waals surface area contributed by atoms with Crippen molar-refractivity contribution in [3.8, 4) is 0 Å². The molecule has 2 rings (SSSR count). The highest BCUT2D eigenvalue weighted by atomic mass is 35.5. The molecule has 0 atom stereocenters. The van der Waals surface area contributed by atoms with Gasteiger partial charge in [0.2, 0.25) is 0 Å². The third kappa shape index (κ3) is 2.49. The van der Waals surface area contributed by atoms with Crippen molar-refractivity contribution in [1.82, 2.24) is 0 Å². The Morgan fingerprint density at radius 2 is 1.88 bits per heavy atom. The van der Waals surface area contributed by atoms with Crippen molar-refractivity contribution in [3.63, 3.8) is 0 Å². The van der Waals surface area contributed by atoms with Crippen LogP contribution in [0.25, 0.3) is 0 Å². The van der Waals surface area contributed by atoms with Gasteiger partial charge in [0.05, 0.1) is 4.90 Å². The van der Waals surface area contributed by atoms with Gasteiger partial charge in [0, 0.05) is 16.8 Å². The van der Waals surface area contributed by atoms with Crippen LogP contribution in [0.3, 0.4) is 0 Å². The molecule has 1 saturated carbocycles. The van der Waals surface area contributed by atoms with E-state index in [2.05, 4.69) is 0 Å². The van der Waals surface area contributed by atoms with Crippen molar-refractivity contribution in [2.45, 2.75) is 36.1 Å². The second kappa shape index (κ2) is 4.26. The molecule has 0 heterocycles. The van der Waals surface area contributed by atoms with Crippen LogP contribution < -0.4 is 5.73 Å². The summed E-state index contributed by atoms with van der Waals surface area (Å²) < 4.78 is 23.5. The van der Waals surface area contributed by atoms with Crippen molar-refractivity contribution in [2.24, 2.45) is 5.73 Å². The Balaban J connectivity index is 2.63. The highest BCUT2D eigenvalue weighted by molar-refractivity contribution is 7.90. The number of hydrogen-bond donors (Lipinski definition) is 1. The normalized spacial score (nSPS) is 19.5. The molecule has 5 heteroatoms.